The average Bonchev–Trinajstić information content (AvgIpc) is 2.92. The Morgan fingerprint density at radius 3 is 0.818 bits per heavy atom. The molecule has 0 bridgehead atoms. The van der Waals surface area contributed by atoms with Crippen LogP contribution in [0.1, 0.15) is 0 Å². The lowest BCUT2D eigenvalue weighted by Gasteiger charge is -2.11. The van der Waals surface area contributed by atoms with Gasteiger partial charge in [0.2, 0.25) is 11.5 Å². The van der Waals surface area contributed by atoms with Crippen LogP contribution in [-0.2, 0) is 0 Å². The van der Waals surface area contributed by atoms with E-state index in [1.807, 2.05) is 0 Å². The van der Waals surface area contributed by atoms with Crippen molar-refractivity contribution in [3.05, 3.63) is 117 Å². The fraction of sp³-hybridized carbons (Fsp3) is 0. The monoisotopic (exact) mass is 622 g/mol. The summed E-state index contributed by atoms with van der Waals surface area (Å²) >= 11 is 0. The number of benzene rings is 3. The lowest BCUT2D eigenvalue weighted by molar-refractivity contribution is -0.423. The van der Waals surface area contributed by atoms with Crippen LogP contribution in [0.4, 0.5) is 45.5 Å². The van der Waals surface area contributed by atoms with E-state index in [0.717, 1.165) is 0 Å². The normalized spacial score (nSPS) is 10.4. The first-order valence-electron chi connectivity index (χ1n) is 10.5. The lowest BCUT2D eigenvalue weighted by atomic mass is 10.2. The zero-order valence-corrected chi connectivity index (χ0v) is 20.4. The van der Waals surface area contributed by atoms with Crippen LogP contribution in [0.5, 0.6) is 23.0 Å². The minimum atomic E-state index is -1.76. The third-order valence-corrected chi connectivity index (χ3v) is 5.14. The summed E-state index contributed by atoms with van der Waals surface area (Å²) in [6.07, 6.45) is 0. The second-order valence-corrected chi connectivity index (χ2v) is 7.65. The molecule has 44 heavy (non-hydrogen) atoms. The van der Waals surface area contributed by atoms with Gasteiger partial charge in [0.25, 0.3) is 22.9 Å². The molecule has 0 aromatic heterocycles. The lowest BCUT2D eigenvalue weighted by Crippen LogP contribution is -2.05. The van der Waals surface area contributed by atoms with Crippen molar-refractivity contribution in [1.82, 2.24) is 0 Å². The molecule has 0 N–H and O–H groups in total. The van der Waals surface area contributed by atoms with Gasteiger partial charge in [-0.25, -0.2) is 0 Å². The predicted molar refractivity (Wildman–Crippen MR) is 133 cm³/mol. The van der Waals surface area contributed by atoms with Crippen LogP contribution < -0.4 is 9.47 Å². The predicted octanol–water partition coefficient (Wildman–Crippen LogP) is 4.54. The summed E-state index contributed by atoms with van der Waals surface area (Å²) in [5.41, 5.74) is -11.8. The van der Waals surface area contributed by atoms with Crippen molar-refractivity contribution < 1.29 is 48.9 Å². The van der Waals surface area contributed by atoms with Crippen molar-refractivity contribution in [2.75, 3.05) is 0 Å². The SMILES string of the molecule is O=[N+]([O-])c1cc([N+](=O)[O-])c(Oc2ccc(Oc3c([N+](=O)[O-])cc([N+](=O)[O-])cc3[N+](=O)[O-])c([N+](=O)[O-])c2[N+](=O)[O-])c([N+](=O)[O-])c1. The molecule has 0 atom stereocenters. The molecule has 26 nitrogen and oxygen atoms in total. The summed E-state index contributed by atoms with van der Waals surface area (Å²) in [4.78, 5) is 80.8. The van der Waals surface area contributed by atoms with Gasteiger partial charge in [0.15, 0.2) is 0 Å². The van der Waals surface area contributed by atoms with Crippen molar-refractivity contribution in [3.8, 4) is 23.0 Å². The van der Waals surface area contributed by atoms with Crippen LogP contribution in [0.3, 0.4) is 0 Å². The minimum absolute atomic E-state index is 0.187. The highest BCUT2D eigenvalue weighted by Gasteiger charge is 2.41. The molecule has 0 fully saturated rings. The molecule has 0 unspecified atom stereocenters. The van der Waals surface area contributed by atoms with E-state index in [0.29, 0.717) is 12.1 Å². The maximum atomic E-state index is 11.9. The highest BCUT2D eigenvalue weighted by atomic mass is 16.7. The Labute approximate surface area is 235 Å². The van der Waals surface area contributed by atoms with Gasteiger partial charge in [-0.3, -0.25) is 80.9 Å². The Kier molecular flexibility index (Phi) is 8.11. The van der Waals surface area contributed by atoms with Crippen molar-refractivity contribution in [1.29, 1.82) is 0 Å². The van der Waals surface area contributed by atoms with Gasteiger partial charge in [-0.2, -0.15) is 0 Å². The van der Waals surface area contributed by atoms with Crippen LogP contribution in [-0.4, -0.2) is 39.4 Å². The summed E-state index contributed by atoms with van der Waals surface area (Å²) in [5.74, 6) is -5.56. The van der Waals surface area contributed by atoms with Gasteiger partial charge in [0.1, 0.15) is 0 Å². The van der Waals surface area contributed by atoms with Gasteiger partial charge in [0, 0.05) is 0 Å². The quantitative estimate of drug-likeness (QED) is 0.197. The number of nitrogens with zero attached hydrogens (tertiary/aromatic N) is 8. The second-order valence-electron chi connectivity index (χ2n) is 7.65. The molecule has 26 heteroatoms. The molecule has 0 aliphatic carbocycles. The van der Waals surface area contributed by atoms with Crippen molar-refractivity contribution in [2.24, 2.45) is 0 Å². The summed E-state index contributed by atoms with van der Waals surface area (Å²) < 4.78 is 9.91. The molecule has 0 spiro atoms. The second kappa shape index (κ2) is 11.5. The molecule has 0 amide bonds. The number of rotatable bonds is 12. The van der Waals surface area contributed by atoms with E-state index in [4.69, 9.17) is 9.47 Å². The molecule has 0 aliphatic rings. The van der Waals surface area contributed by atoms with Gasteiger partial charge < -0.3 is 9.47 Å². The Balaban J connectivity index is 2.35. The standard InChI is InChI=1S/C18H6N8O18/c27-19(28)7-3-9(21(31)32)17(10(4-7)22(33)34)43-13-1-2-14(16(26(41)42)15(13)25(39)40)44-18-11(23(35)36)5-8(20(29)30)6-12(18)24(37)38/h1-6H. The van der Waals surface area contributed by atoms with E-state index >= 15 is 0 Å². The van der Waals surface area contributed by atoms with E-state index in [-0.39, 0.29) is 24.3 Å². The van der Waals surface area contributed by atoms with Gasteiger partial charge in [-0.1, -0.05) is 0 Å². The van der Waals surface area contributed by atoms with Crippen LogP contribution in [0.2, 0.25) is 0 Å². The van der Waals surface area contributed by atoms with Gasteiger partial charge in [-0.05, 0) is 12.1 Å². The fourth-order valence-corrected chi connectivity index (χ4v) is 3.41. The first-order chi connectivity index (χ1) is 20.5. The minimum Gasteiger partial charge on any atom is -0.436 e. The highest BCUT2D eigenvalue weighted by molar-refractivity contribution is 5.74. The van der Waals surface area contributed by atoms with Gasteiger partial charge >= 0.3 is 34.1 Å². The zero-order chi connectivity index (χ0) is 33.2. The van der Waals surface area contributed by atoms with E-state index in [1.165, 1.54) is 0 Å². The third-order valence-electron chi connectivity index (χ3n) is 5.14. The number of hydrogen-bond acceptors (Lipinski definition) is 18. The summed E-state index contributed by atoms with van der Waals surface area (Å²) in [5, 5.41) is 92.1. The third kappa shape index (κ3) is 5.81. The molecule has 226 valence electrons. The molecule has 0 heterocycles. The van der Waals surface area contributed by atoms with Crippen molar-refractivity contribution in [2.45, 2.75) is 0 Å². The Bertz CT molecular complexity index is 1650. The molecule has 3 aromatic rings. The first kappa shape index (κ1) is 31.0. The molecule has 0 radical (unpaired) electrons. The molecular weight excluding hydrogens is 616 g/mol. The smallest absolute Gasteiger partial charge is 0.392 e. The summed E-state index contributed by atoms with van der Waals surface area (Å²) in [6.45, 7) is 0. The van der Waals surface area contributed by atoms with Crippen LogP contribution in [0.15, 0.2) is 36.4 Å². The fourth-order valence-electron chi connectivity index (χ4n) is 3.41. The largest absolute Gasteiger partial charge is 0.436 e. The van der Waals surface area contributed by atoms with Crippen LogP contribution >= 0.6 is 0 Å². The van der Waals surface area contributed by atoms with Crippen molar-refractivity contribution in [3.63, 3.8) is 0 Å². The van der Waals surface area contributed by atoms with E-state index in [9.17, 15) is 80.9 Å². The maximum absolute atomic E-state index is 11.9. The van der Waals surface area contributed by atoms with E-state index in [2.05, 4.69) is 0 Å². The van der Waals surface area contributed by atoms with E-state index in [1.54, 1.807) is 0 Å². The number of hydrogen-bond donors (Lipinski definition) is 0. The molecule has 0 saturated heterocycles. The van der Waals surface area contributed by atoms with Gasteiger partial charge in [0.05, 0.1) is 63.7 Å². The Hall–Kier alpha value is -7.54. The number of ether oxygens (including phenoxy) is 2. The zero-order valence-electron chi connectivity index (χ0n) is 20.4. The average molecular weight is 622 g/mol. The summed E-state index contributed by atoms with van der Waals surface area (Å²) in [7, 11) is 0. The Morgan fingerprint density at radius 1 is 0.386 bits per heavy atom. The molecule has 3 aromatic carbocycles. The number of non-ortho nitro benzene ring substituents is 2. The van der Waals surface area contributed by atoms with Gasteiger partial charge in [-0.15, -0.1) is 0 Å². The molecule has 0 saturated carbocycles. The molecule has 0 aliphatic heterocycles. The maximum Gasteiger partial charge on any atom is 0.392 e. The van der Waals surface area contributed by atoms with Crippen molar-refractivity contribution >= 4 is 45.5 Å². The number of nitro groups is 8. The topological polar surface area (TPSA) is 364 Å². The molecule has 3 rings (SSSR count). The van der Waals surface area contributed by atoms with E-state index < -0.39 is 108 Å². The van der Waals surface area contributed by atoms with Crippen LogP contribution in [0, 0.1) is 80.9 Å². The van der Waals surface area contributed by atoms with Crippen LogP contribution in [0.25, 0.3) is 0 Å². The summed E-state index contributed by atoms with van der Waals surface area (Å²) in [6, 6.07) is 1.52. The Morgan fingerprint density at radius 2 is 0.636 bits per heavy atom. The first-order valence-corrected chi connectivity index (χ1v) is 10.5. The number of nitro benzene ring substituents is 8. The molecular formula is C18H6N8O18. The highest BCUT2D eigenvalue weighted by Crippen LogP contribution is 2.51.